The number of nitrogens with zero attached hydrogens (tertiary/aromatic N) is 3. The number of carbonyl (C=O) groups is 1. The number of aryl methyl sites for hydroxylation is 1. The van der Waals surface area contributed by atoms with E-state index in [0.717, 1.165) is 11.3 Å². The van der Waals surface area contributed by atoms with Crippen molar-refractivity contribution in [3.63, 3.8) is 0 Å². The normalized spacial score (nSPS) is 17.3. The number of carbonyl (C=O) groups excluding carboxylic acids is 1. The molecule has 10 heteroatoms. The summed E-state index contributed by atoms with van der Waals surface area (Å²) in [7, 11) is 0. The molecule has 0 saturated carbocycles. The van der Waals surface area contributed by atoms with E-state index in [-0.39, 0.29) is 24.4 Å². The number of aromatic nitrogens is 2. The van der Waals surface area contributed by atoms with Crippen molar-refractivity contribution >= 4 is 28.9 Å². The highest BCUT2D eigenvalue weighted by molar-refractivity contribution is 6.33. The Kier molecular flexibility index (Phi) is 4.90. The summed E-state index contributed by atoms with van der Waals surface area (Å²) in [6.07, 6.45) is 0.479. The summed E-state index contributed by atoms with van der Waals surface area (Å²) in [5, 5.41) is 7.18. The van der Waals surface area contributed by atoms with Gasteiger partial charge in [0, 0.05) is 26.0 Å². The van der Waals surface area contributed by atoms with Crippen molar-refractivity contribution in [3.8, 4) is 11.5 Å². The first kappa shape index (κ1) is 19.6. The van der Waals surface area contributed by atoms with Crippen LogP contribution in [0.4, 0.5) is 15.8 Å². The van der Waals surface area contributed by atoms with Gasteiger partial charge in [-0.3, -0.25) is 4.79 Å². The minimum absolute atomic E-state index is 0.0688. The molecule has 8 nitrogen and oxygen atoms in total. The molecule has 0 saturated heterocycles. The van der Waals surface area contributed by atoms with Gasteiger partial charge in [-0.25, -0.2) is 4.39 Å². The minimum atomic E-state index is -0.373. The van der Waals surface area contributed by atoms with E-state index < -0.39 is 0 Å². The van der Waals surface area contributed by atoms with Crippen LogP contribution < -0.4 is 19.7 Å². The molecule has 0 aliphatic carbocycles. The Labute approximate surface area is 181 Å². The van der Waals surface area contributed by atoms with Gasteiger partial charge in [-0.2, -0.15) is 4.98 Å². The lowest BCUT2D eigenvalue weighted by Gasteiger charge is -2.38. The average molecular weight is 445 g/mol. The molecule has 2 aliphatic rings. The smallest absolute Gasteiger partial charge is 0.262 e. The Morgan fingerprint density at radius 3 is 2.97 bits per heavy atom. The molecule has 160 valence electrons. The highest BCUT2D eigenvalue weighted by Crippen LogP contribution is 2.40. The Bertz CT molecular complexity index is 1170. The third-order valence-corrected chi connectivity index (χ3v) is 5.45. The lowest BCUT2D eigenvalue weighted by atomic mass is 10.1. The second-order valence-corrected chi connectivity index (χ2v) is 7.84. The predicted octanol–water partition coefficient (Wildman–Crippen LogP) is 3.51. The molecule has 0 bridgehead atoms. The van der Waals surface area contributed by atoms with E-state index in [1.54, 1.807) is 19.1 Å². The van der Waals surface area contributed by atoms with E-state index in [1.807, 2.05) is 6.07 Å². The van der Waals surface area contributed by atoms with Crippen LogP contribution in [0.15, 0.2) is 34.9 Å². The Hall–Kier alpha value is -3.33. The zero-order valence-electron chi connectivity index (χ0n) is 16.5. The quantitative estimate of drug-likeness (QED) is 0.658. The number of halogens is 2. The molecule has 3 heterocycles. The molecule has 1 amide bonds. The molecule has 0 unspecified atom stereocenters. The van der Waals surface area contributed by atoms with Crippen molar-refractivity contribution in [1.82, 2.24) is 10.1 Å². The number of amides is 1. The zero-order valence-corrected chi connectivity index (χ0v) is 17.3. The van der Waals surface area contributed by atoms with Gasteiger partial charge in [0.15, 0.2) is 18.2 Å². The Balaban J connectivity index is 1.49. The summed E-state index contributed by atoms with van der Waals surface area (Å²) in [5.74, 6) is 1.35. The molecule has 2 aromatic carbocycles. The van der Waals surface area contributed by atoms with Crippen LogP contribution in [0.1, 0.15) is 17.3 Å². The summed E-state index contributed by atoms with van der Waals surface area (Å²) < 4.78 is 30.1. The van der Waals surface area contributed by atoms with Gasteiger partial charge in [0.2, 0.25) is 5.89 Å². The topological polar surface area (TPSA) is 89.7 Å². The van der Waals surface area contributed by atoms with Crippen LogP contribution in [-0.4, -0.2) is 35.3 Å². The molecular weight excluding hydrogens is 427 g/mol. The number of hydrogen-bond donors (Lipinski definition) is 1. The lowest BCUT2D eigenvalue weighted by Crippen LogP contribution is -2.44. The summed E-state index contributed by atoms with van der Waals surface area (Å²) in [5.41, 5.74) is 2.12. The van der Waals surface area contributed by atoms with Crippen LogP contribution in [-0.2, 0) is 17.8 Å². The van der Waals surface area contributed by atoms with Gasteiger partial charge >= 0.3 is 0 Å². The molecule has 2 aliphatic heterocycles. The molecule has 5 rings (SSSR count). The van der Waals surface area contributed by atoms with Crippen LogP contribution >= 0.6 is 11.6 Å². The van der Waals surface area contributed by atoms with E-state index in [1.165, 1.54) is 12.1 Å². The van der Waals surface area contributed by atoms with Crippen LogP contribution in [0, 0.1) is 12.7 Å². The fourth-order valence-electron chi connectivity index (χ4n) is 3.83. The van der Waals surface area contributed by atoms with Gasteiger partial charge in [-0.05, 0) is 29.8 Å². The number of ether oxygens (including phenoxy) is 2. The Morgan fingerprint density at radius 2 is 2.16 bits per heavy atom. The number of benzene rings is 2. The van der Waals surface area contributed by atoms with Crippen LogP contribution in [0.25, 0.3) is 0 Å². The molecule has 0 spiro atoms. The standard InChI is InChI=1S/C21H18ClFN4O4/c1-11-24-19(26-31-11)7-14-9-29-18-6-13(23)2-3-17(18)27(14)8-12-4-15(22)21-16(5-12)25-20(28)10-30-21/h2-6,14H,7-10H2,1H3,(H,25,28)/t14-/m1/s1. The van der Waals surface area contributed by atoms with E-state index in [0.29, 0.717) is 53.5 Å². The van der Waals surface area contributed by atoms with Gasteiger partial charge < -0.3 is 24.2 Å². The highest BCUT2D eigenvalue weighted by Gasteiger charge is 2.30. The third kappa shape index (κ3) is 3.88. The van der Waals surface area contributed by atoms with Crippen molar-refractivity contribution in [3.05, 3.63) is 58.5 Å². The molecule has 0 radical (unpaired) electrons. The number of nitrogens with one attached hydrogen (secondary N) is 1. The first-order valence-electron chi connectivity index (χ1n) is 9.69. The van der Waals surface area contributed by atoms with Gasteiger partial charge in [0.05, 0.1) is 22.4 Å². The molecule has 3 aromatic rings. The number of anilines is 2. The van der Waals surface area contributed by atoms with E-state index in [2.05, 4.69) is 20.4 Å². The Morgan fingerprint density at radius 1 is 1.29 bits per heavy atom. The van der Waals surface area contributed by atoms with E-state index >= 15 is 0 Å². The first-order chi connectivity index (χ1) is 15.0. The summed E-state index contributed by atoms with van der Waals surface area (Å²) in [6.45, 7) is 2.42. The third-order valence-electron chi connectivity index (χ3n) is 5.17. The van der Waals surface area contributed by atoms with Gasteiger partial charge in [-0.15, -0.1) is 0 Å². The molecule has 1 aromatic heterocycles. The predicted molar refractivity (Wildman–Crippen MR) is 110 cm³/mol. The molecular formula is C21H18ClFN4O4. The van der Waals surface area contributed by atoms with Crippen LogP contribution in [0.2, 0.25) is 5.02 Å². The average Bonchev–Trinajstić information content (AvgIpc) is 3.14. The van der Waals surface area contributed by atoms with E-state index in [9.17, 15) is 9.18 Å². The maximum Gasteiger partial charge on any atom is 0.262 e. The maximum atomic E-state index is 13.8. The van der Waals surface area contributed by atoms with Crippen molar-refractivity contribution < 1.29 is 23.2 Å². The van der Waals surface area contributed by atoms with Gasteiger partial charge in [0.25, 0.3) is 5.91 Å². The molecule has 31 heavy (non-hydrogen) atoms. The molecule has 0 fully saturated rings. The minimum Gasteiger partial charge on any atom is -0.489 e. The molecule has 1 atom stereocenters. The lowest BCUT2D eigenvalue weighted by molar-refractivity contribution is -0.118. The highest BCUT2D eigenvalue weighted by atomic mass is 35.5. The number of hydrogen-bond acceptors (Lipinski definition) is 7. The SMILES string of the molecule is Cc1nc(C[C@@H]2COc3cc(F)ccc3N2Cc2cc(Cl)c3c(c2)NC(=O)CO3)no1. The first-order valence-corrected chi connectivity index (χ1v) is 10.1. The molecule has 1 N–H and O–H groups in total. The summed E-state index contributed by atoms with van der Waals surface area (Å²) >= 11 is 6.40. The summed E-state index contributed by atoms with van der Waals surface area (Å²) in [4.78, 5) is 18.1. The summed E-state index contributed by atoms with van der Waals surface area (Å²) in [6, 6.07) is 7.94. The monoisotopic (exact) mass is 444 g/mol. The second kappa shape index (κ2) is 7.73. The van der Waals surface area contributed by atoms with Gasteiger partial charge in [-0.1, -0.05) is 16.8 Å². The van der Waals surface area contributed by atoms with Gasteiger partial charge in [0.1, 0.15) is 18.2 Å². The maximum absolute atomic E-state index is 13.8. The second-order valence-electron chi connectivity index (χ2n) is 7.43. The number of rotatable bonds is 4. The number of fused-ring (bicyclic) bond motifs is 2. The zero-order chi connectivity index (χ0) is 21.5. The fraction of sp³-hybridized carbons (Fsp3) is 0.286. The van der Waals surface area contributed by atoms with Crippen LogP contribution in [0.3, 0.4) is 0 Å². The largest absolute Gasteiger partial charge is 0.489 e. The van der Waals surface area contributed by atoms with Crippen molar-refractivity contribution in [2.45, 2.75) is 25.9 Å². The van der Waals surface area contributed by atoms with E-state index in [4.69, 9.17) is 25.6 Å². The van der Waals surface area contributed by atoms with Crippen LogP contribution in [0.5, 0.6) is 11.5 Å². The van der Waals surface area contributed by atoms with Crippen molar-refractivity contribution in [2.75, 3.05) is 23.4 Å². The van der Waals surface area contributed by atoms with Crippen molar-refractivity contribution in [1.29, 1.82) is 0 Å². The fourth-order valence-corrected chi connectivity index (χ4v) is 4.13. The van der Waals surface area contributed by atoms with Crippen molar-refractivity contribution in [2.24, 2.45) is 0 Å².